The van der Waals surface area contributed by atoms with E-state index in [-0.39, 0.29) is 0 Å². The summed E-state index contributed by atoms with van der Waals surface area (Å²) < 4.78 is 0. The van der Waals surface area contributed by atoms with Crippen LogP contribution >= 0.6 is 11.3 Å². The maximum absolute atomic E-state index is 5.71. The molecule has 2 nitrogen and oxygen atoms in total. The van der Waals surface area contributed by atoms with Crippen molar-refractivity contribution in [1.29, 1.82) is 0 Å². The highest BCUT2D eigenvalue weighted by molar-refractivity contribution is 7.09. The lowest BCUT2D eigenvalue weighted by Crippen LogP contribution is -2.17. The highest BCUT2D eigenvalue weighted by atomic mass is 32.1. The topological polar surface area (TPSA) is 38.0 Å². The van der Waals surface area contributed by atoms with E-state index in [2.05, 4.69) is 41.0 Å². The summed E-state index contributed by atoms with van der Waals surface area (Å²) in [5, 5.41) is 5.57. The van der Waals surface area contributed by atoms with E-state index >= 15 is 0 Å². The molecule has 1 heterocycles. The zero-order chi connectivity index (χ0) is 11.9. The average Bonchev–Trinajstić information content (AvgIpc) is 2.88. The van der Waals surface area contributed by atoms with Gasteiger partial charge in [0, 0.05) is 18.0 Å². The van der Waals surface area contributed by atoms with Gasteiger partial charge in [-0.15, -0.1) is 11.3 Å². The van der Waals surface area contributed by atoms with Crippen molar-refractivity contribution < 1.29 is 0 Å². The van der Waals surface area contributed by atoms with Gasteiger partial charge in [-0.25, -0.2) is 0 Å². The molecule has 0 aliphatic rings. The molecule has 0 amide bonds. The van der Waals surface area contributed by atoms with Crippen LogP contribution in [0.3, 0.4) is 0 Å². The lowest BCUT2D eigenvalue weighted by molar-refractivity contribution is 0.690. The summed E-state index contributed by atoms with van der Waals surface area (Å²) in [6, 6.07) is 12.6. The van der Waals surface area contributed by atoms with E-state index in [0.717, 1.165) is 19.5 Å². The van der Waals surface area contributed by atoms with Gasteiger partial charge in [-0.2, -0.15) is 0 Å². The molecule has 1 aromatic carbocycles. The van der Waals surface area contributed by atoms with Gasteiger partial charge in [-0.3, -0.25) is 0 Å². The molecule has 0 saturated heterocycles. The molecule has 0 fully saturated rings. The van der Waals surface area contributed by atoms with Crippen LogP contribution in [0.1, 0.15) is 16.0 Å². The van der Waals surface area contributed by atoms with E-state index in [0.29, 0.717) is 6.54 Å². The molecule has 0 spiro atoms. The number of hydrogen-bond donors (Lipinski definition) is 2. The first-order chi connectivity index (χ1) is 8.40. The van der Waals surface area contributed by atoms with Crippen LogP contribution in [-0.4, -0.2) is 6.54 Å². The van der Waals surface area contributed by atoms with Crippen LogP contribution in [-0.2, 0) is 19.5 Å². The first kappa shape index (κ1) is 12.3. The fraction of sp³-hybridized carbons (Fsp3) is 0.286. The van der Waals surface area contributed by atoms with Gasteiger partial charge in [0.25, 0.3) is 0 Å². The van der Waals surface area contributed by atoms with Gasteiger partial charge in [-0.1, -0.05) is 30.3 Å². The van der Waals surface area contributed by atoms with E-state index in [9.17, 15) is 0 Å². The quantitative estimate of drug-likeness (QED) is 0.769. The fourth-order valence-corrected chi connectivity index (χ4v) is 2.52. The summed E-state index contributed by atoms with van der Waals surface area (Å²) >= 11 is 1.79. The van der Waals surface area contributed by atoms with Crippen molar-refractivity contribution in [2.24, 2.45) is 5.73 Å². The Morgan fingerprint density at radius 1 is 1.06 bits per heavy atom. The zero-order valence-corrected chi connectivity index (χ0v) is 10.7. The largest absolute Gasteiger partial charge is 0.326 e. The molecule has 2 aromatic rings. The highest BCUT2D eigenvalue weighted by Crippen LogP contribution is 2.09. The molecule has 0 aliphatic heterocycles. The van der Waals surface area contributed by atoms with Gasteiger partial charge < -0.3 is 11.1 Å². The van der Waals surface area contributed by atoms with Crippen molar-refractivity contribution in [3.05, 3.63) is 57.8 Å². The number of benzene rings is 1. The Morgan fingerprint density at radius 3 is 2.59 bits per heavy atom. The van der Waals surface area contributed by atoms with Crippen molar-refractivity contribution in [2.45, 2.75) is 19.5 Å². The molecule has 0 radical (unpaired) electrons. The van der Waals surface area contributed by atoms with Gasteiger partial charge in [0.05, 0.1) is 0 Å². The van der Waals surface area contributed by atoms with Gasteiger partial charge >= 0.3 is 0 Å². The van der Waals surface area contributed by atoms with E-state index in [4.69, 9.17) is 5.73 Å². The number of nitrogens with two attached hydrogens (primary N) is 1. The second kappa shape index (κ2) is 6.55. The first-order valence-corrected chi connectivity index (χ1v) is 6.78. The monoisotopic (exact) mass is 246 g/mol. The van der Waals surface area contributed by atoms with Crippen molar-refractivity contribution in [3.63, 3.8) is 0 Å². The minimum atomic E-state index is 0.626. The molecule has 0 saturated carbocycles. The molecule has 3 N–H and O–H groups in total. The van der Waals surface area contributed by atoms with Crippen molar-refractivity contribution in [3.8, 4) is 0 Å². The molecule has 3 heteroatoms. The van der Waals surface area contributed by atoms with E-state index in [1.807, 2.05) is 6.07 Å². The summed E-state index contributed by atoms with van der Waals surface area (Å²) in [6.07, 6.45) is 1.04. The van der Waals surface area contributed by atoms with Crippen LogP contribution < -0.4 is 11.1 Å². The fourth-order valence-electron chi connectivity index (χ4n) is 1.85. The van der Waals surface area contributed by atoms with Crippen LogP contribution in [0.25, 0.3) is 0 Å². The van der Waals surface area contributed by atoms with Gasteiger partial charge in [0.2, 0.25) is 0 Å². The van der Waals surface area contributed by atoms with Crippen LogP contribution in [0, 0.1) is 0 Å². The molecule has 0 bridgehead atoms. The third-order valence-corrected chi connectivity index (χ3v) is 3.67. The molecular formula is C14H18N2S. The average molecular weight is 246 g/mol. The van der Waals surface area contributed by atoms with Crippen molar-refractivity contribution >= 4 is 11.3 Å². The van der Waals surface area contributed by atoms with Crippen molar-refractivity contribution in [2.75, 3.05) is 6.54 Å². The molecular weight excluding hydrogens is 228 g/mol. The highest BCUT2D eigenvalue weighted by Gasteiger charge is 1.99. The second-order valence-electron chi connectivity index (χ2n) is 3.98. The Morgan fingerprint density at radius 2 is 1.88 bits per heavy atom. The molecule has 17 heavy (non-hydrogen) atoms. The summed E-state index contributed by atoms with van der Waals surface area (Å²) in [5.41, 5.74) is 8.32. The normalized spacial score (nSPS) is 10.6. The Bertz CT molecular complexity index is 437. The summed E-state index contributed by atoms with van der Waals surface area (Å²) in [4.78, 5) is 1.39. The first-order valence-electron chi connectivity index (χ1n) is 5.90. The van der Waals surface area contributed by atoms with Crippen LogP contribution in [0.15, 0.2) is 41.8 Å². The minimum Gasteiger partial charge on any atom is -0.326 e. The SMILES string of the molecule is NCc1ccccc1CCNCc1cccs1. The number of nitrogens with one attached hydrogen (secondary N) is 1. The van der Waals surface area contributed by atoms with Crippen LogP contribution in [0.4, 0.5) is 0 Å². The molecule has 0 aliphatic carbocycles. The summed E-state index contributed by atoms with van der Waals surface area (Å²) in [5.74, 6) is 0. The van der Waals surface area contributed by atoms with E-state index in [1.54, 1.807) is 11.3 Å². The number of hydrogen-bond acceptors (Lipinski definition) is 3. The molecule has 0 unspecified atom stereocenters. The van der Waals surface area contributed by atoms with Gasteiger partial charge in [0.1, 0.15) is 0 Å². The Balaban J connectivity index is 1.78. The Labute approximate surface area is 106 Å². The molecule has 0 atom stereocenters. The predicted molar refractivity (Wildman–Crippen MR) is 74.1 cm³/mol. The summed E-state index contributed by atoms with van der Waals surface area (Å²) in [7, 11) is 0. The van der Waals surface area contributed by atoms with E-state index < -0.39 is 0 Å². The van der Waals surface area contributed by atoms with Gasteiger partial charge in [-0.05, 0) is 35.5 Å². The number of rotatable bonds is 6. The smallest absolute Gasteiger partial charge is 0.0299 e. The number of thiophene rings is 1. The standard InChI is InChI=1S/C14H18N2S/c15-10-13-5-2-1-4-12(13)7-8-16-11-14-6-3-9-17-14/h1-6,9,16H,7-8,10-11,15H2. The summed E-state index contributed by atoms with van der Waals surface area (Å²) in [6.45, 7) is 2.58. The molecule has 90 valence electrons. The predicted octanol–water partition coefficient (Wildman–Crippen LogP) is 2.54. The van der Waals surface area contributed by atoms with Crippen LogP contribution in [0.2, 0.25) is 0 Å². The van der Waals surface area contributed by atoms with Crippen LogP contribution in [0.5, 0.6) is 0 Å². The Kier molecular flexibility index (Phi) is 4.74. The molecule has 2 rings (SSSR count). The second-order valence-corrected chi connectivity index (χ2v) is 5.01. The van der Waals surface area contributed by atoms with E-state index in [1.165, 1.54) is 16.0 Å². The third kappa shape index (κ3) is 3.66. The minimum absolute atomic E-state index is 0.626. The lowest BCUT2D eigenvalue weighted by atomic mass is 10.0. The molecule has 1 aromatic heterocycles. The zero-order valence-electron chi connectivity index (χ0n) is 9.86. The Hall–Kier alpha value is -1.16. The lowest BCUT2D eigenvalue weighted by Gasteiger charge is -2.08. The maximum atomic E-state index is 5.71. The third-order valence-electron chi connectivity index (χ3n) is 2.79. The maximum Gasteiger partial charge on any atom is 0.0299 e. The van der Waals surface area contributed by atoms with Crippen molar-refractivity contribution in [1.82, 2.24) is 5.32 Å². The van der Waals surface area contributed by atoms with Gasteiger partial charge in [0.15, 0.2) is 0 Å².